The minimum atomic E-state index is -0.106. The highest BCUT2D eigenvalue weighted by Crippen LogP contribution is 2.29. The number of nitrogen functional groups attached to an aromatic ring is 1. The van der Waals surface area contributed by atoms with Crippen LogP contribution >= 0.6 is 11.3 Å². The van der Waals surface area contributed by atoms with Gasteiger partial charge in [-0.05, 0) is 32.1 Å². The van der Waals surface area contributed by atoms with Crippen LogP contribution in [0.25, 0.3) is 0 Å². The molecule has 1 aliphatic rings. The number of anilines is 2. The molecule has 0 spiro atoms. The van der Waals surface area contributed by atoms with E-state index < -0.39 is 0 Å². The van der Waals surface area contributed by atoms with E-state index in [1.165, 1.54) is 30.6 Å². The van der Waals surface area contributed by atoms with Crippen LogP contribution in [-0.4, -0.2) is 23.0 Å². The van der Waals surface area contributed by atoms with Crippen LogP contribution in [0.4, 0.5) is 10.9 Å². The maximum absolute atomic E-state index is 12.3. The quantitative estimate of drug-likeness (QED) is 0.722. The number of nitrogens with zero attached hydrogens (tertiary/aromatic N) is 1. The number of aromatic nitrogens is 1. The lowest BCUT2D eigenvalue weighted by Crippen LogP contribution is -2.37. The molecule has 4 N–H and O–H groups in total. The summed E-state index contributed by atoms with van der Waals surface area (Å²) in [6.07, 6.45) is 5.73. The van der Waals surface area contributed by atoms with Crippen molar-refractivity contribution in [2.75, 3.05) is 11.1 Å². The summed E-state index contributed by atoms with van der Waals surface area (Å²) in [7, 11) is 0. The van der Waals surface area contributed by atoms with Gasteiger partial charge in [-0.2, -0.15) is 0 Å². The summed E-state index contributed by atoms with van der Waals surface area (Å²) in [5, 5.41) is 7.16. The first-order chi connectivity index (χ1) is 10.0. The first kappa shape index (κ1) is 16.1. The molecule has 1 atom stereocenters. The largest absolute Gasteiger partial charge is 0.382 e. The van der Waals surface area contributed by atoms with Crippen LogP contribution in [0.3, 0.4) is 0 Å². The third-order valence-corrected chi connectivity index (χ3v) is 5.41. The van der Waals surface area contributed by atoms with Crippen molar-refractivity contribution < 1.29 is 4.79 Å². The first-order valence-electron chi connectivity index (χ1n) is 7.88. The van der Waals surface area contributed by atoms with E-state index in [2.05, 4.69) is 36.4 Å². The van der Waals surface area contributed by atoms with Crippen LogP contribution in [0.2, 0.25) is 0 Å². The van der Waals surface area contributed by atoms with Crippen molar-refractivity contribution >= 4 is 28.2 Å². The molecule has 5 nitrogen and oxygen atoms in total. The standard InChI is InChI=1S/C15H26N4OS/c1-4-10(5-2)9(3)17-14(20)12-13(16)19-15(21-12)18-11-7-6-8-11/h9-11H,4-8,16H2,1-3H3,(H,17,20)(H,18,19). The molecule has 0 radical (unpaired) electrons. The summed E-state index contributed by atoms with van der Waals surface area (Å²) in [5.74, 6) is 0.720. The number of nitrogens with two attached hydrogens (primary N) is 1. The van der Waals surface area contributed by atoms with E-state index in [1.54, 1.807) is 0 Å². The van der Waals surface area contributed by atoms with Gasteiger partial charge in [0.25, 0.3) is 5.91 Å². The van der Waals surface area contributed by atoms with Gasteiger partial charge in [-0.3, -0.25) is 4.79 Å². The Balaban J connectivity index is 1.98. The Morgan fingerprint density at radius 1 is 1.43 bits per heavy atom. The Morgan fingerprint density at radius 2 is 2.10 bits per heavy atom. The highest BCUT2D eigenvalue weighted by Gasteiger charge is 2.23. The smallest absolute Gasteiger partial charge is 0.265 e. The zero-order valence-electron chi connectivity index (χ0n) is 13.1. The van der Waals surface area contributed by atoms with Crippen molar-refractivity contribution in [1.82, 2.24) is 10.3 Å². The van der Waals surface area contributed by atoms with Gasteiger partial charge in [0.05, 0.1) is 0 Å². The Bertz CT molecular complexity index is 480. The Kier molecular flexibility index (Phi) is 5.45. The van der Waals surface area contributed by atoms with E-state index in [0.717, 1.165) is 18.0 Å². The maximum Gasteiger partial charge on any atom is 0.265 e. The molecule has 1 saturated carbocycles. The molecule has 2 rings (SSSR count). The van der Waals surface area contributed by atoms with Crippen molar-refractivity contribution in [3.8, 4) is 0 Å². The molecular weight excluding hydrogens is 284 g/mol. The Morgan fingerprint density at radius 3 is 2.62 bits per heavy atom. The van der Waals surface area contributed by atoms with Gasteiger partial charge in [-0.1, -0.05) is 38.0 Å². The van der Waals surface area contributed by atoms with Gasteiger partial charge in [0, 0.05) is 12.1 Å². The number of hydrogen-bond donors (Lipinski definition) is 3. The van der Waals surface area contributed by atoms with Gasteiger partial charge in [0.15, 0.2) is 5.13 Å². The molecule has 1 amide bonds. The zero-order chi connectivity index (χ0) is 15.4. The molecule has 1 aromatic rings. The maximum atomic E-state index is 12.3. The lowest BCUT2D eigenvalue weighted by molar-refractivity contribution is 0.0930. The molecule has 118 valence electrons. The number of thiazole rings is 1. The molecule has 0 saturated heterocycles. The van der Waals surface area contributed by atoms with E-state index in [4.69, 9.17) is 5.73 Å². The molecule has 21 heavy (non-hydrogen) atoms. The van der Waals surface area contributed by atoms with Gasteiger partial charge in [0.1, 0.15) is 10.7 Å². The molecule has 1 aromatic heterocycles. The van der Waals surface area contributed by atoms with Crippen LogP contribution in [-0.2, 0) is 0 Å². The van der Waals surface area contributed by atoms with Crippen LogP contribution in [0, 0.1) is 5.92 Å². The Hall–Kier alpha value is -1.30. The second-order valence-corrected chi connectivity index (χ2v) is 6.84. The second-order valence-electron chi connectivity index (χ2n) is 5.84. The second kappa shape index (κ2) is 7.11. The van der Waals surface area contributed by atoms with Crippen LogP contribution in [0.1, 0.15) is 62.5 Å². The summed E-state index contributed by atoms with van der Waals surface area (Å²) >= 11 is 1.35. The number of carbonyl (C=O) groups excluding carboxylic acids is 1. The van der Waals surface area contributed by atoms with E-state index in [-0.39, 0.29) is 11.9 Å². The third kappa shape index (κ3) is 3.87. The zero-order valence-corrected chi connectivity index (χ0v) is 13.9. The van der Waals surface area contributed by atoms with Crippen LogP contribution in [0.15, 0.2) is 0 Å². The first-order valence-corrected chi connectivity index (χ1v) is 8.70. The molecule has 1 aliphatic carbocycles. The summed E-state index contributed by atoms with van der Waals surface area (Å²) < 4.78 is 0. The molecule has 0 aliphatic heterocycles. The lowest BCUT2D eigenvalue weighted by atomic mass is 9.93. The third-order valence-electron chi connectivity index (χ3n) is 4.41. The summed E-state index contributed by atoms with van der Waals surface area (Å²) in [6.45, 7) is 6.36. The fraction of sp³-hybridized carbons (Fsp3) is 0.733. The molecule has 0 bridgehead atoms. The molecule has 1 heterocycles. The molecule has 1 unspecified atom stereocenters. The van der Waals surface area contributed by atoms with Gasteiger partial charge < -0.3 is 16.4 Å². The topological polar surface area (TPSA) is 80.0 Å². The number of carbonyl (C=O) groups is 1. The van der Waals surface area contributed by atoms with Gasteiger partial charge in [-0.15, -0.1) is 0 Å². The van der Waals surface area contributed by atoms with Crippen molar-refractivity contribution in [1.29, 1.82) is 0 Å². The average molecular weight is 310 g/mol. The van der Waals surface area contributed by atoms with Crippen LogP contribution in [0.5, 0.6) is 0 Å². The summed E-state index contributed by atoms with van der Waals surface area (Å²) in [6, 6.07) is 0.645. The lowest BCUT2D eigenvalue weighted by Gasteiger charge is -2.25. The van der Waals surface area contributed by atoms with Crippen molar-refractivity contribution in [3.05, 3.63) is 4.88 Å². The number of amides is 1. The predicted octanol–water partition coefficient (Wildman–Crippen LogP) is 3.24. The minimum Gasteiger partial charge on any atom is -0.382 e. The molecule has 6 heteroatoms. The minimum absolute atomic E-state index is 0.106. The normalized spacial score (nSPS) is 16.6. The van der Waals surface area contributed by atoms with Crippen molar-refractivity contribution in [2.24, 2.45) is 5.92 Å². The molecular formula is C15H26N4OS. The SMILES string of the molecule is CCC(CC)C(C)NC(=O)c1sc(NC2CCC2)nc1N. The monoisotopic (exact) mass is 310 g/mol. The van der Waals surface area contributed by atoms with Gasteiger partial charge in [-0.25, -0.2) is 4.98 Å². The highest BCUT2D eigenvalue weighted by molar-refractivity contribution is 7.18. The number of hydrogen-bond acceptors (Lipinski definition) is 5. The number of rotatable bonds is 7. The van der Waals surface area contributed by atoms with Crippen molar-refractivity contribution in [3.63, 3.8) is 0 Å². The van der Waals surface area contributed by atoms with E-state index in [1.807, 2.05) is 0 Å². The fourth-order valence-electron chi connectivity index (χ4n) is 2.67. The van der Waals surface area contributed by atoms with E-state index in [0.29, 0.717) is 22.7 Å². The van der Waals surface area contributed by atoms with Gasteiger partial charge in [0.2, 0.25) is 0 Å². The fourth-order valence-corrected chi connectivity index (χ4v) is 3.53. The Labute approximate surface area is 130 Å². The van der Waals surface area contributed by atoms with E-state index >= 15 is 0 Å². The van der Waals surface area contributed by atoms with Crippen molar-refractivity contribution in [2.45, 2.75) is 65.0 Å². The average Bonchev–Trinajstić information content (AvgIpc) is 2.76. The van der Waals surface area contributed by atoms with Crippen LogP contribution < -0.4 is 16.4 Å². The predicted molar refractivity (Wildman–Crippen MR) is 88.8 cm³/mol. The molecule has 0 aromatic carbocycles. The van der Waals surface area contributed by atoms with Gasteiger partial charge >= 0.3 is 0 Å². The van der Waals surface area contributed by atoms with E-state index in [9.17, 15) is 4.79 Å². The summed E-state index contributed by atoms with van der Waals surface area (Å²) in [4.78, 5) is 17.1. The number of nitrogens with one attached hydrogen (secondary N) is 2. The summed E-state index contributed by atoms with van der Waals surface area (Å²) in [5.41, 5.74) is 5.89. The molecule has 1 fully saturated rings. The highest BCUT2D eigenvalue weighted by atomic mass is 32.1.